The Bertz CT molecular complexity index is 384. The van der Waals surface area contributed by atoms with E-state index in [1.165, 1.54) is 18.2 Å². The molecule has 4 nitrogen and oxygen atoms in total. The van der Waals surface area contributed by atoms with Gasteiger partial charge in [-0.2, -0.15) is 0 Å². The molecule has 1 amide bonds. The third-order valence-corrected chi connectivity index (χ3v) is 2.48. The van der Waals surface area contributed by atoms with Gasteiger partial charge in [0.05, 0.1) is 5.56 Å². The molecule has 0 saturated carbocycles. The Kier molecular flexibility index (Phi) is 4.82. The molecule has 94 valence electrons. The highest BCUT2D eigenvalue weighted by atomic mass is 16.3. The molecule has 0 atom stereocenters. The van der Waals surface area contributed by atoms with Crippen molar-refractivity contribution in [3.8, 4) is 11.5 Å². The Hall–Kier alpha value is -1.71. The van der Waals surface area contributed by atoms with E-state index in [4.69, 9.17) is 0 Å². The molecule has 0 fully saturated rings. The number of phenols is 2. The predicted octanol–water partition coefficient (Wildman–Crippen LogP) is 2.36. The first-order chi connectivity index (χ1) is 8.10. The molecular weight excluding hydrogens is 218 g/mol. The minimum atomic E-state index is -0.234. The van der Waals surface area contributed by atoms with E-state index in [9.17, 15) is 15.0 Å². The maximum atomic E-state index is 12.2. The molecule has 0 heterocycles. The van der Waals surface area contributed by atoms with Crippen LogP contribution in [0.1, 0.15) is 37.0 Å². The average Bonchev–Trinajstić information content (AvgIpc) is 2.31. The van der Waals surface area contributed by atoms with E-state index >= 15 is 0 Å². The number of aromatic hydroxyl groups is 2. The quantitative estimate of drug-likeness (QED) is 0.773. The lowest BCUT2D eigenvalue weighted by Crippen LogP contribution is -2.32. The van der Waals surface area contributed by atoms with Crippen molar-refractivity contribution in [1.29, 1.82) is 0 Å². The van der Waals surface area contributed by atoms with Crippen LogP contribution in [-0.4, -0.2) is 34.1 Å². The van der Waals surface area contributed by atoms with E-state index in [2.05, 4.69) is 0 Å². The minimum absolute atomic E-state index is 0.0147. The fraction of sp³-hybridized carbons (Fsp3) is 0.462. The van der Waals surface area contributed by atoms with E-state index in [0.29, 0.717) is 13.1 Å². The summed E-state index contributed by atoms with van der Waals surface area (Å²) in [6, 6.07) is 3.99. The van der Waals surface area contributed by atoms with E-state index in [0.717, 1.165) is 12.8 Å². The van der Waals surface area contributed by atoms with Gasteiger partial charge in [0.2, 0.25) is 0 Å². The number of benzene rings is 1. The van der Waals surface area contributed by atoms with Crippen LogP contribution in [0.5, 0.6) is 11.5 Å². The van der Waals surface area contributed by atoms with Gasteiger partial charge in [0, 0.05) is 13.1 Å². The first-order valence-corrected chi connectivity index (χ1v) is 5.91. The summed E-state index contributed by atoms with van der Waals surface area (Å²) in [5.74, 6) is -0.341. The molecular formula is C13H19NO3. The number of amides is 1. The van der Waals surface area contributed by atoms with E-state index in [1.807, 2.05) is 13.8 Å². The highest BCUT2D eigenvalue weighted by Gasteiger charge is 2.18. The van der Waals surface area contributed by atoms with Crippen LogP contribution in [0.25, 0.3) is 0 Å². The van der Waals surface area contributed by atoms with E-state index < -0.39 is 0 Å². The zero-order chi connectivity index (χ0) is 12.8. The van der Waals surface area contributed by atoms with Crippen molar-refractivity contribution in [2.75, 3.05) is 13.1 Å². The molecule has 0 aliphatic heterocycles. The maximum absolute atomic E-state index is 12.2. The second-order valence-electron chi connectivity index (χ2n) is 3.99. The van der Waals surface area contributed by atoms with Crippen LogP contribution >= 0.6 is 0 Å². The highest BCUT2D eigenvalue weighted by Crippen LogP contribution is 2.23. The predicted molar refractivity (Wildman–Crippen MR) is 66.3 cm³/mol. The number of hydrogen-bond acceptors (Lipinski definition) is 3. The van der Waals surface area contributed by atoms with Crippen molar-refractivity contribution in [3.05, 3.63) is 23.8 Å². The number of phenolic OH excluding ortho intramolecular Hbond substituents is 2. The van der Waals surface area contributed by atoms with Crippen LogP contribution in [0.3, 0.4) is 0 Å². The molecule has 1 aromatic rings. The number of carbonyl (C=O) groups is 1. The summed E-state index contributed by atoms with van der Waals surface area (Å²) in [5.41, 5.74) is 0.159. The lowest BCUT2D eigenvalue weighted by molar-refractivity contribution is 0.0752. The molecule has 0 radical (unpaired) electrons. The van der Waals surface area contributed by atoms with Crippen LogP contribution in [0, 0.1) is 0 Å². The topological polar surface area (TPSA) is 60.8 Å². The summed E-state index contributed by atoms with van der Waals surface area (Å²) in [6.07, 6.45) is 1.73. The highest BCUT2D eigenvalue weighted by molar-refractivity contribution is 5.97. The smallest absolute Gasteiger partial charge is 0.257 e. The standard InChI is InChI=1S/C13H19NO3/c1-3-7-14(8-4-2)13(17)11-9-10(15)5-6-12(11)16/h5-6,9,15-16H,3-4,7-8H2,1-2H3. The van der Waals surface area contributed by atoms with Crippen LogP contribution in [0.2, 0.25) is 0 Å². The molecule has 0 spiro atoms. The molecule has 17 heavy (non-hydrogen) atoms. The molecule has 2 N–H and O–H groups in total. The van der Waals surface area contributed by atoms with Gasteiger partial charge in [0.1, 0.15) is 11.5 Å². The molecule has 4 heteroatoms. The molecule has 0 saturated heterocycles. The Morgan fingerprint density at radius 2 is 1.76 bits per heavy atom. The normalized spacial score (nSPS) is 10.2. The van der Waals surface area contributed by atoms with Crippen molar-refractivity contribution >= 4 is 5.91 Å². The molecule has 0 aliphatic carbocycles. The summed E-state index contributed by atoms with van der Waals surface area (Å²) >= 11 is 0. The summed E-state index contributed by atoms with van der Waals surface area (Å²) in [5, 5.41) is 19.0. The maximum Gasteiger partial charge on any atom is 0.257 e. The van der Waals surface area contributed by atoms with Gasteiger partial charge in [-0.05, 0) is 31.0 Å². The number of nitrogens with zero attached hydrogens (tertiary/aromatic N) is 1. The first-order valence-electron chi connectivity index (χ1n) is 5.91. The van der Waals surface area contributed by atoms with Gasteiger partial charge >= 0.3 is 0 Å². The van der Waals surface area contributed by atoms with Crippen molar-refractivity contribution in [1.82, 2.24) is 4.90 Å². The summed E-state index contributed by atoms with van der Waals surface area (Å²) < 4.78 is 0. The van der Waals surface area contributed by atoms with Crippen LogP contribution < -0.4 is 0 Å². The Morgan fingerprint density at radius 1 is 1.18 bits per heavy atom. The van der Waals surface area contributed by atoms with Gasteiger partial charge in [0.15, 0.2) is 0 Å². The molecule has 0 aliphatic rings. The van der Waals surface area contributed by atoms with Crippen molar-refractivity contribution < 1.29 is 15.0 Å². The van der Waals surface area contributed by atoms with Crippen molar-refractivity contribution in [2.45, 2.75) is 26.7 Å². The van der Waals surface area contributed by atoms with Gasteiger partial charge in [-0.15, -0.1) is 0 Å². The monoisotopic (exact) mass is 237 g/mol. The van der Waals surface area contributed by atoms with Crippen molar-refractivity contribution in [3.63, 3.8) is 0 Å². The largest absolute Gasteiger partial charge is 0.508 e. The molecule has 0 bridgehead atoms. The zero-order valence-electron chi connectivity index (χ0n) is 10.3. The summed E-state index contributed by atoms with van der Waals surface area (Å²) in [7, 11) is 0. The zero-order valence-corrected chi connectivity index (χ0v) is 10.3. The Balaban J connectivity index is 2.95. The Morgan fingerprint density at radius 3 is 2.29 bits per heavy atom. The number of hydrogen-bond donors (Lipinski definition) is 2. The van der Waals surface area contributed by atoms with Crippen LogP contribution in [0.15, 0.2) is 18.2 Å². The third kappa shape index (κ3) is 3.37. The van der Waals surface area contributed by atoms with Gasteiger partial charge in [-0.25, -0.2) is 0 Å². The number of rotatable bonds is 5. The van der Waals surface area contributed by atoms with E-state index in [1.54, 1.807) is 4.90 Å². The van der Waals surface area contributed by atoms with E-state index in [-0.39, 0.29) is 23.0 Å². The summed E-state index contributed by atoms with van der Waals surface area (Å²) in [6.45, 7) is 5.31. The minimum Gasteiger partial charge on any atom is -0.508 e. The second kappa shape index (κ2) is 6.13. The molecule has 1 rings (SSSR count). The first kappa shape index (κ1) is 13.4. The van der Waals surface area contributed by atoms with Gasteiger partial charge in [-0.1, -0.05) is 13.8 Å². The summed E-state index contributed by atoms with van der Waals surface area (Å²) in [4.78, 5) is 13.8. The lowest BCUT2D eigenvalue weighted by atomic mass is 10.1. The fourth-order valence-corrected chi connectivity index (χ4v) is 1.72. The average molecular weight is 237 g/mol. The fourth-order valence-electron chi connectivity index (χ4n) is 1.72. The van der Waals surface area contributed by atoms with Gasteiger partial charge in [0.25, 0.3) is 5.91 Å². The Labute approximate surface area is 101 Å². The lowest BCUT2D eigenvalue weighted by Gasteiger charge is -2.21. The van der Waals surface area contributed by atoms with Gasteiger partial charge < -0.3 is 15.1 Å². The second-order valence-corrected chi connectivity index (χ2v) is 3.99. The van der Waals surface area contributed by atoms with Crippen LogP contribution in [-0.2, 0) is 0 Å². The third-order valence-electron chi connectivity index (χ3n) is 2.48. The number of carbonyl (C=O) groups excluding carboxylic acids is 1. The van der Waals surface area contributed by atoms with Crippen LogP contribution in [0.4, 0.5) is 0 Å². The molecule has 0 aromatic heterocycles. The molecule has 0 unspecified atom stereocenters. The van der Waals surface area contributed by atoms with Crippen molar-refractivity contribution in [2.24, 2.45) is 0 Å². The SMILES string of the molecule is CCCN(CCC)C(=O)c1cc(O)ccc1O. The van der Waals surface area contributed by atoms with Gasteiger partial charge in [-0.3, -0.25) is 4.79 Å². The molecule has 1 aromatic carbocycles.